The van der Waals surface area contributed by atoms with E-state index in [4.69, 9.17) is 81.2 Å². The van der Waals surface area contributed by atoms with E-state index in [1.807, 2.05) is 0 Å². The number of rotatable bonds is 2. The van der Waals surface area contributed by atoms with Gasteiger partial charge in [0.1, 0.15) is 0 Å². The zero-order valence-corrected chi connectivity index (χ0v) is 16.0. The highest BCUT2D eigenvalue weighted by molar-refractivity contribution is 6.68. The van der Waals surface area contributed by atoms with Crippen LogP contribution in [0, 0.1) is 0 Å². The fraction of sp³-hybridized carbons (Fsp3) is 0.167. The van der Waals surface area contributed by atoms with Crippen LogP contribution >= 0.6 is 81.2 Å². The molecule has 4 nitrogen and oxygen atoms in total. The molecule has 0 aliphatic rings. The molecule has 0 amide bonds. The minimum atomic E-state index is -1.94. The molecular formula is C12H4Cl7N3O. The lowest BCUT2D eigenvalue weighted by Gasteiger charge is -2.15. The smallest absolute Gasteiger partial charge is 0.252 e. The summed E-state index contributed by atoms with van der Waals surface area (Å²) in [6.07, 6.45) is 0. The van der Waals surface area contributed by atoms with Gasteiger partial charge in [0, 0.05) is 11.1 Å². The van der Waals surface area contributed by atoms with Crippen molar-refractivity contribution in [2.75, 3.05) is 0 Å². The molecule has 122 valence electrons. The summed E-state index contributed by atoms with van der Waals surface area (Å²) in [6, 6.07) is 6.07. The summed E-state index contributed by atoms with van der Waals surface area (Å²) < 4.78 is -3.87. The molecule has 0 atom stereocenters. The maximum atomic E-state index is 11.1. The topological polar surface area (TPSA) is 55.7 Å². The first kappa shape index (κ1) is 19.3. The van der Waals surface area contributed by atoms with Crippen LogP contribution in [0.4, 0.5) is 0 Å². The normalized spacial score (nSPS) is 12.3. The summed E-state index contributed by atoms with van der Waals surface area (Å²) in [7, 11) is 0. The van der Waals surface area contributed by atoms with Gasteiger partial charge in [0.25, 0.3) is 5.24 Å². The zero-order valence-electron chi connectivity index (χ0n) is 10.7. The minimum absolute atomic E-state index is 0.108. The van der Waals surface area contributed by atoms with E-state index in [2.05, 4.69) is 15.0 Å². The third-order valence-corrected chi connectivity index (χ3v) is 3.74. The lowest BCUT2D eigenvalue weighted by molar-refractivity contribution is 0.108. The number of carbonyl (C=O) groups excluding carboxylic acids is 1. The number of alkyl halides is 6. The van der Waals surface area contributed by atoms with Crippen molar-refractivity contribution in [3.8, 4) is 11.4 Å². The van der Waals surface area contributed by atoms with Crippen molar-refractivity contribution in [1.29, 1.82) is 0 Å². The Bertz CT molecular complexity index is 706. The number of carbonyl (C=O) groups is 1. The monoisotopic (exact) mass is 451 g/mol. The Balaban J connectivity index is 2.59. The van der Waals surface area contributed by atoms with Crippen LogP contribution in [0.3, 0.4) is 0 Å². The Morgan fingerprint density at radius 2 is 1.22 bits per heavy atom. The molecule has 0 unspecified atom stereocenters. The number of nitrogens with zero attached hydrogens (tertiary/aromatic N) is 3. The summed E-state index contributed by atoms with van der Waals surface area (Å²) in [6.45, 7) is 0. The van der Waals surface area contributed by atoms with Crippen LogP contribution in [0.25, 0.3) is 11.4 Å². The second-order valence-electron chi connectivity index (χ2n) is 4.15. The molecule has 23 heavy (non-hydrogen) atoms. The first-order valence-electron chi connectivity index (χ1n) is 5.69. The Morgan fingerprint density at radius 1 is 0.783 bits per heavy atom. The van der Waals surface area contributed by atoms with Crippen molar-refractivity contribution in [3.05, 3.63) is 41.5 Å². The average Bonchev–Trinajstić information content (AvgIpc) is 2.45. The van der Waals surface area contributed by atoms with Crippen molar-refractivity contribution in [1.82, 2.24) is 15.0 Å². The highest BCUT2D eigenvalue weighted by Crippen LogP contribution is 2.40. The third-order valence-electron chi connectivity index (χ3n) is 2.51. The lowest BCUT2D eigenvalue weighted by Crippen LogP contribution is -2.16. The van der Waals surface area contributed by atoms with Crippen LogP contribution in [0.5, 0.6) is 0 Å². The van der Waals surface area contributed by atoms with Crippen LogP contribution in [-0.2, 0) is 7.59 Å². The Kier molecular flexibility index (Phi) is 5.90. The molecule has 0 spiro atoms. The molecule has 1 heterocycles. The van der Waals surface area contributed by atoms with E-state index >= 15 is 0 Å². The van der Waals surface area contributed by atoms with E-state index in [1.165, 1.54) is 12.1 Å². The molecule has 11 heteroatoms. The molecular weight excluding hydrogens is 450 g/mol. The number of benzene rings is 1. The molecule has 0 saturated carbocycles. The molecule has 0 saturated heterocycles. The summed E-state index contributed by atoms with van der Waals surface area (Å²) in [4.78, 5) is 23.0. The summed E-state index contributed by atoms with van der Waals surface area (Å²) in [5.74, 6) is -0.297. The van der Waals surface area contributed by atoms with Gasteiger partial charge < -0.3 is 0 Å². The molecule has 2 aromatic rings. The van der Waals surface area contributed by atoms with Crippen LogP contribution in [0.2, 0.25) is 0 Å². The standard InChI is InChI=1S/C12H4Cl7N3O/c13-7(23)5-1-3-6(4-2-5)8-20-9(11(14,15)16)22-10(21-8)12(17,18)19/h1-4H. The van der Waals surface area contributed by atoms with Gasteiger partial charge in [-0.15, -0.1) is 0 Å². The quantitative estimate of drug-likeness (QED) is 0.440. The van der Waals surface area contributed by atoms with Gasteiger partial charge in [-0.2, -0.15) is 0 Å². The second kappa shape index (κ2) is 7.04. The highest BCUT2D eigenvalue weighted by atomic mass is 35.6. The summed E-state index contributed by atoms with van der Waals surface area (Å²) >= 11 is 40.1. The van der Waals surface area contributed by atoms with E-state index in [0.717, 1.165) is 0 Å². The van der Waals surface area contributed by atoms with Gasteiger partial charge in [-0.05, 0) is 23.7 Å². The fourth-order valence-electron chi connectivity index (χ4n) is 1.51. The van der Waals surface area contributed by atoms with E-state index in [0.29, 0.717) is 11.1 Å². The molecule has 0 aliphatic heterocycles. The van der Waals surface area contributed by atoms with Gasteiger partial charge in [0.15, 0.2) is 17.5 Å². The molecule has 1 aromatic carbocycles. The molecule has 2 rings (SSSR count). The largest absolute Gasteiger partial charge is 0.276 e. The first-order chi connectivity index (χ1) is 10.5. The van der Waals surface area contributed by atoms with E-state index in [-0.39, 0.29) is 17.5 Å². The molecule has 1 aromatic heterocycles. The van der Waals surface area contributed by atoms with Crippen LogP contribution in [0.1, 0.15) is 22.0 Å². The highest BCUT2D eigenvalue weighted by Gasteiger charge is 2.34. The van der Waals surface area contributed by atoms with Crippen molar-refractivity contribution in [2.24, 2.45) is 0 Å². The number of hydrogen-bond acceptors (Lipinski definition) is 4. The Morgan fingerprint density at radius 3 is 1.57 bits per heavy atom. The van der Waals surface area contributed by atoms with E-state index in [9.17, 15) is 4.79 Å². The fourth-order valence-corrected chi connectivity index (χ4v) is 2.14. The van der Waals surface area contributed by atoms with Gasteiger partial charge in [-0.3, -0.25) is 4.79 Å². The predicted octanol–water partition coefficient (Wildman–Crippen LogP) is 5.57. The molecule has 0 radical (unpaired) electrons. The van der Waals surface area contributed by atoms with Gasteiger partial charge in [0.2, 0.25) is 7.59 Å². The summed E-state index contributed by atoms with van der Waals surface area (Å²) in [5.41, 5.74) is 0.785. The summed E-state index contributed by atoms with van der Waals surface area (Å²) in [5, 5.41) is -0.601. The number of halogens is 7. The SMILES string of the molecule is O=C(Cl)c1ccc(-c2nc(C(Cl)(Cl)Cl)nc(C(Cl)(Cl)Cl)n2)cc1. The van der Waals surface area contributed by atoms with Gasteiger partial charge >= 0.3 is 0 Å². The number of aromatic nitrogens is 3. The van der Waals surface area contributed by atoms with Crippen LogP contribution in [0.15, 0.2) is 24.3 Å². The number of hydrogen-bond donors (Lipinski definition) is 0. The van der Waals surface area contributed by atoms with E-state index < -0.39 is 12.8 Å². The second-order valence-corrected chi connectivity index (χ2v) is 9.06. The van der Waals surface area contributed by atoms with Gasteiger partial charge in [-0.1, -0.05) is 81.7 Å². The average molecular weight is 454 g/mol. The maximum absolute atomic E-state index is 11.1. The van der Waals surface area contributed by atoms with Crippen molar-refractivity contribution >= 4 is 86.4 Å². The van der Waals surface area contributed by atoms with Crippen LogP contribution < -0.4 is 0 Å². The lowest BCUT2D eigenvalue weighted by atomic mass is 10.1. The minimum Gasteiger partial charge on any atom is -0.276 e. The van der Waals surface area contributed by atoms with Gasteiger partial charge in [0.05, 0.1) is 0 Å². The molecule has 0 fully saturated rings. The van der Waals surface area contributed by atoms with Gasteiger partial charge in [-0.25, -0.2) is 15.0 Å². The van der Waals surface area contributed by atoms with Crippen molar-refractivity contribution in [3.63, 3.8) is 0 Å². The van der Waals surface area contributed by atoms with Crippen LogP contribution in [-0.4, -0.2) is 20.2 Å². The van der Waals surface area contributed by atoms with E-state index in [1.54, 1.807) is 12.1 Å². The first-order valence-corrected chi connectivity index (χ1v) is 8.34. The van der Waals surface area contributed by atoms with Crippen molar-refractivity contribution in [2.45, 2.75) is 7.59 Å². The zero-order chi connectivity index (χ0) is 17.4. The Labute approximate surface area is 166 Å². The molecule has 0 N–H and O–H groups in total. The molecule has 0 aliphatic carbocycles. The van der Waals surface area contributed by atoms with Crippen molar-refractivity contribution < 1.29 is 4.79 Å². The Hall–Kier alpha value is -0.0700. The maximum Gasteiger partial charge on any atom is 0.252 e. The third kappa shape index (κ3) is 4.95. The predicted molar refractivity (Wildman–Crippen MR) is 93.9 cm³/mol. The molecule has 0 bridgehead atoms.